The first-order valence-electron chi connectivity index (χ1n) is 9.87. The summed E-state index contributed by atoms with van der Waals surface area (Å²) in [6, 6.07) is 24.9. The van der Waals surface area contributed by atoms with Gasteiger partial charge in [0.1, 0.15) is 17.2 Å². The Morgan fingerprint density at radius 2 is 1.60 bits per heavy atom. The fourth-order valence-corrected chi connectivity index (χ4v) is 3.52. The molecule has 4 nitrogen and oxygen atoms in total. The Balaban J connectivity index is 1.52. The average Bonchev–Trinajstić information content (AvgIpc) is 3.18. The van der Waals surface area contributed by atoms with Crippen molar-refractivity contribution in [3.05, 3.63) is 107 Å². The maximum atomic E-state index is 14.2. The zero-order valence-corrected chi connectivity index (χ0v) is 17.2. The van der Waals surface area contributed by atoms with E-state index in [2.05, 4.69) is 27.6 Å². The van der Waals surface area contributed by atoms with Crippen LogP contribution in [0.25, 0.3) is 11.3 Å². The van der Waals surface area contributed by atoms with Crippen LogP contribution in [0.15, 0.2) is 78.9 Å². The molecule has 0 radical (unpaired) electrons. The second-order valence-corrected chi connectivity index (χ2v) is 7.41. The number of rotatable bonds is 8. The number of hydrogen-bond acceptors (Lipinski definition) is 3. The van der Waals surface area contributed by atoms with Crippen LogP contribution in [0.4, 0.5) is 4.39 Å². The fraction of sp³-hybridized carbons (Fsp3) is 0.167. The zero-order valence-electron chi connectivity index (χ0n) is 16.4. The van der Waals surface area contributed by atoms with Crippen molar-refractivity contribution in [1.82, 2.24) is 20.3 Å². The monoisotopic (exact) mass is 420 g/mol. The van der Waals surface area contributed by atoms with Crippen molar-refractivity contribution in [3.63, 3.8) is 0 Å². The number of aromatic nitrogens is 3. The molecule has 0 fully saturated rings. The largest absolute Gasteiger partial charge is 0.311 e. The first-order chi connectivity index (χ1) is 14.7. The van der Waals surface area contributed by atoms with Crippen molar-refractivity contribution in [2.75, 3.05) is 6.54 Å². The fourth-order valence-electron chi connectivity index (χ4n) is 3.30. The van der Waals surface area contributed by atoms with Gasteiger partial charge in [-0.15, -0.1) is 0 Å². The molecular weight excluding hydrogens is 399 g/mol. The van der Waals surface area contributed by atoms with E-state index in [1.807, 2.05) is 48.5 Å². The van der Waals surface area contributed by atoms with E-state index >= 15 is 0 Å². The summed E-state index contributed by atoms with van der Waals surface area (Å²) in [4.78, 5) is 1.51. The molecule has 1 N–H and O–H groups in total. The first-order valence-corrected chi connectivity index (χ1v) is 10.3. The molecule has 0 aliphatic rings. The number of nitrogens with zero attached hydrogens (tertiary/aromatic N) is 3. The lowest BCUT2D eigenvalue weighted by molar-refractivity contribution is 0.543. The van der Waals surface area contributed by atoms with Gasteiger partial charge in [0.25, 0.3) is 0 Å². The average molecular weight is 421 g/mol. The van der Waals surface area contributed by atoms with Gasteiger partial charge in [-0.3, -0.25) is 0 Å². The Bertz CT molecular complexity index is 1080. The second-order valence-electron chi connectivity index (χ2n) is 7.00. The van der Waals surface area contributed by atoms with Gasteiger partial charge >= 0.3 is 0 Å². The zero-order chi connectivity index (χ0) is 20.8. The van der Waals surface area contributed by atoms with Gasteiger partial charge < -0.3 is 5.32 Å². The van der Waals surface area contributed by atoms with Gasteiger partial charge in [0.05, 0.1) is 6.54 Å². The van der Waals surface area contributed by atoms with Crippen LogP contribution in [-0.2, 0) is 19.5 Å². The van der Waals surface area contributed by atoms with Gasteiger partial charge in [-0.1, -0.05) is 78.3 Å². The van der Waals surface area contributed by atoms with Crippen LogP contribution in [0.5, 0.6) is 0 Å². The number of benzene rings is 3. The Labute approximate surface area is 180 Å². The Hall–Kier alpha value is -3.02. The smallest absolute Gasteiger partial charge is 0.129 e. The molecule has 4 aromatic rings. The van der Waals surface area contributed by atoms with Crippen LogP contribution >= 0.6 is 11.6 Å². The van der Waals surface area contributed by atoms with Gasteiger partial charge in [-0.2, -0.15) is 15.0 Å². The van der Waals surface area contributed by atoms with Gasteiger partial charge in [0.2, 0.25) is 0 Å². The minimum absolute atomic E-state index is 0.176. The van der Waals surface area contributed by atoms with Crippen molar-refractivity contribution < 1.29 is 4.39 Å². The lowest BCUT2D eigenvalue weighted by Gasteiger charge is -2.05. The molecule has 0 unspecified atom stereocenters. The van der Waals surface area contributed by atoms with Crippen molar-refractivity contribution in [1.29, 1.82) is 0 Å². The lowest BCUT2D eigenvalue weighted by Crippen LogP contribution is -2.17. The van der Waals surface area contributed by atoms with Crippen LogP contribution in [0.1, 0.15) is 16.8 Å². The van der Waals surface area contributed by atoms with E-state index in [1.54, 1.807) is 12.1 Å². The van der Waals surface area contributed by atoms with Gasteiger partial charge in [-0.05, 0) is 30.7 Å². The van der Waals surface area contributed by atoms with Crippen LogP contribution < -0.4 is 5.32 Å². The van der Waals surface area contributed by atoms with Gasteiger partial charge in [-0.25, -0.2) is 4.39 Å². The summed E-state index contributed by atoms with van der Waals surface area (Å²) < 4.78 is 14.2. The quantitative estimate of drug-likeness (QED) is 0.402. The third-order valence-electron chi connectivity index (χ3n) is 4.86. The molecule has 152 valence electrons. The molecule has 0 spiro atoms. The van der Waals surface area contributed by atoms with E-state index in [9.17, 15) is 4.39 Å². The minimum Gasteiger partial charge on any atom is -0.311 e. The van der Waals surface area contributed by atoms with Gasteiger partial charge in [0.15, 0.2) is 0 Å². The second kappa shape index (κ2) is 9.65. The molecule has 0 aliphatic heterocycles. The predicted molar refractivity (Wildman–Crippen MR) is 118 cm³/mol. The van der Waals surface area contributed by atoms with Crippen LogP contribution in [-0.4, -0.2) is 21.5 Å². The predicted octanol–water partition coefficient (Wildman–Crippen LogP) is 5.12. The number of nitrogens with one attached hydrogen (secondary N) is 1. The summed E-state index contributed by atoms with van der Waals surface area (Å²) in [6.07, 6.45) is 0.931. The number of halogens is 2. The summed E-state index contributed by atoms with van der Waals surface area (Å²) in [6.45, 7) is 1.57. The highest BCUT2D eigenvalue weighted by Gasteiger charge is 2.15. The van der Waals surface area contributed by atoms with E-state index in [1.165, 1.54) is 16.4 Å². The molecule has 0 saturated heterocycles. The minimum atomic E-state index is -0.358. The molecule has 0 atom stereocenters. The summed E-state index contributed by atoms with van der Waals surface area (Å²) in [5, 5.41) is 13.1. The molecule has 0 bridgehead atoms. The normalized spacial score (nSPS) is 11.0. The standard InChI is InChI=1S/C24H22ClFN4/c25-21-12-7-13-22(26)20(21)17-30-28-23(24(29-30)19-10-5-2-6-11-19)16-27-15-14-18-8-3-1-4-9-18/h1-13,27H,14-17H2. The van der Waals surface area contributed by atoms with E-state index in [4.69, 9.17) is 11.6 Å². The lowest BCUT2D eigenvalue weighted by atomic mass is 10.1. The first kappa shape index (κ1) is 20.3. The van der Waals surface area contributed by atoms with E-state index in [0.717, 1.165) is 29.9 Å². The molecule has 1 heterocycles. The molecule has 0 saturated carbocycles. The van der Waals surface area contributed by atoms with Crippen LogP contribution in [0.3, 0.4) is 0 Å². The summed E-state index contributed by atoms with van der Waals surface area (Å²) in [5.74, 6) is -0.358. The molecular formula is C24H22ClFN4. The Kier molecular flexibility index (Phi) is 6.52. The van der Waals surface area contributed by atoms with E-state index in [0.29, 0.717) is 17.1 Å². The number of hydrogen-bond donors (Lipinski definition) is 1. The molecule has 6 heteroatoms. The van der Waals surface area contributed by atoms with Gasteiger partial charge in [0, 0.05) is 22.7 Å². The highest BCUT2D eigenvalue weighted by Crippen LogP contribution is 2.23. The molecule has 0 aliphatic carbocycles. The molecule has 0 amide bonds. The topological polar surface area (TPSA) is 42.7 Å². The molecule has 4 rings (SSSR count). The highest BCUT2D eigenvalue weighted by molar-refractivity contribution is 6.31. The SMILES string of the molecule is Fc1cccc(Cl)c1Cn1nc(CNCCc2ccccc2)c(-c2ccccc2)n1. The van der Waals surface area contributed by atoms with Crippen molar-refractivity contribution in [3.8, 4) is 11.3 Å². The molecule has 3 aromatic carbocycles. The van der Waals surface area contributed by atoms with Crippen molar-refractivity contribution in [2.45, 2.75) is 19.5 Å². The maximum absolute atomic E-state index is 14.2. The van der Waals surface area contributed by atoms with Crippen LogP contribution in [0.2, 0.25) is 5.02 Å². The molecule has 30 heavy (non-hydrogen) atoms. The summed E-state index contributed by atoms with van der Waals surface area (Å²) in [7, 11) is 0. The Morgan fingerprint density at radius 3 is 2.33 bits per heavy atom. The van der Waals surface area contributed by atoms with Crippen molar-refractivity contribution in [2.24, 2.45) is 0 Å². The maximum Gasteiger partial charge on any atom is 0.129 e. The van der Waals surface area contributed by atoms with E-state index < -0.39 is 0 Å². The van der Waals surface area contributed by atoms with E-state index in [-0.39, 0.29) is 12.4 Å². The van der Waals surface area contributed by atoms with Crippen molar-refractivity contribution >= 4 is 11.6 Å². The van der Waals surface area contributed by atoms with Crippen LogP contribution in [0, 0.1) is 5.82 Å². The third kappa shape index (κ3) is 4.93. The summed E-state index contributed by atoms with van der Waals surface area (Å²) >= 11 is 6.18. The molecule has 1 aromatic heterocycles. The highest BCUT2D eigenvalue weighted by atomic mass is 35.5. The Morgan fingerprint density at radius 1 is 0.867 bits per heavy atom. The third-order valence-corrected chi connectivity index (χ3v) is 5.21. The summed E-state index contributed by atoms with van der Waals surface area (Å²) in [5.41, 5.74) is 4.25.